The standard InChI is InChI=1S/C20H18N4O/c25-18(10-14-3-4-14)11-17-13-23-19(15-5-8-21-9-6-15)20(24-17)16-2-1-7-22-12-16/h1-2,5-9,12-14H,3-4,10-11H2. The van der Waals surface area contributed by atoms with Crippen LogP contribution in [0.3, 0.4) is 0 Å². The molecule has 3 aromatic rings. The minimum absolute atomic E-state index is 0.241. The molecule has 3 heterocycles. The first-order valence-electron chi connectivity index (χ1n) is 8.48. The van der Waals surface area contributed by atoms with Crippen LogP contribution < -0.4 is 0 Å². The van der Waals surface area contributed by atoms with E-state index in [4.69, 9.17) is 4.98 Å². The number of hydrogen-bond acceptors (Lipinski definition) is 5. The van der Waals surface area contributed by atoms with Crippen LogP contribution in [0.1, 0.15) is 25.0 Å². The zero-order chi connectivity index (χ0) is 17.1. The molecule has 0 spiro atoms. The van der Waals surface area contributed by atoms with Crippen molar-refractivity contribution < 1.29 is 4.79 Å². The van der Waals surface area contributed by atoms with Gasteiger partial charge in [-0.2, -0.15) is 0 Å². The van der Waals surface area contributed by atoms with E-state index in [9.17, 15) is 4.79 Å². The van der Waals surface area contributed by atoms with Crippen LogP contribution in [-0.2, 0) is 11.2 Å². The second kappa shape index (κ2) is 6.89. The number of ketones is 1. The van der Waals surface area contributed by atoms with Crippen molar-refractivity contribution in [3.63, 3.8) is 0 Å². The SMILES string of the molecule is O=C(Cc1cnc(-c2ccncc2)c(-c2cccnc2)n1)CC1CC1. The second-order valence-corrected chi connectivity index (χ2v) is 6.40. The summed E-state index contributed by atoms with van der Waals surface area (Å²) in [5, 5.41) is 0. The Bertz CT molecular complexity index is 877. The van der Waals surface area contributed by atoms with Crippen LogP contribution in [0.15, 0.2) is 55.2 Å². The second-order valence-electron chi connectivity index (χ2n) is 6.40. The molecular formula is C20H18N4O. The smallest absolute Gasteiger partial charge is 0.139 e. The molecule has 0 bridgehead atoms. The number of nitrogens with zero attached hydrogens (tertiary/aromatic N) is 4. The van der Waals surface area contributed by atoms with E-state index < -0.39 is 0 Å². The quantitative estimate of drug-likeness (QED) is 0.692. The third kappa shape index (κ3) is 3.76. The molecule has 4 rings (SSSR count). The maximum atomic E-state index is 12.2. The van der Waals surface area contributed by atoms with Gasteiger partial charge < -0.3 is 0 Å². The van der Waals surface area contributed by atoms with Gasteiger partial charge in [0, 0.05) is 48.5 Å². The van der Waals surface area contributed by atoms with Crippen LogP contribution in [0, 0.1) is 5.92 Å². The molecule has 124 valence electrons. The summed E-state index contributed by atoms with van der Waals surface area (Å²) in [6.45, 7) is 0. The average molecular weight is 330 g/mol. The van der Waals surface area contributed by atoms with Crippen LogP contribution in [0.25, 0.3) is 22.5 Å². The fourth-order valence-corrected chi connectivity index (χ4v) is 2.85. The molecule has 0 unspecified atom stereocenters. The first-order valence-corrected chi connectivity index (χ1v) is 8.48. The third-order valence-electron chi connectivity index (χ3n) is 4.30. The van der Waals surface area contributed by atoms with Crippen LogP contribution in [0.4, 0.5) is 0 Å². The highest BCUT2D eigenvalue weighted by Gasteiger charge is 2.24. The Morgan fingerprint density at radius 2 is 1.80 bits per heavy atom. The first-order chi connectivity index (χ1) is 12.3. The van der Waals surface area contributed by atoms with Gasteiger partial charge >= 0.3 is 0 Å². The Kier molecular flexibility index (Phi) is 4.29. The van der Waals surface area contributed by atoms with E-state index in [2.05, 4.69) is 15.0 Å². The Balaban J connectivity index is 1.70. The summed E-state index contributed by atoms with van der Waals surface area (Å²) in [5.41, 5.74) is 4.06. The molecule has 0 N–H and O–H groups in total. The molecule has 1 saturated carbocycles. The highest BCUT2D eigenvalue weighted by Crippen LogP contribution is 2.33. The summed E-state index contributed by atoms with van der Waals surface area (Å²) in [6.07, 6.45) is 12.0. The van der Waals surface area contributed by atoms with Crippen LogP contribution in [-0.4, -0.2) is 25.7 Å². The van der Waals surface area contributed by atoms with Crippen molar-refractivity contribution >= 4 is 5.78 Å². The molecule has 5 nitrogen and oxygen atoms in total. The minimum atomic E-state index is 0.241. The summed E-state index contributed by atoms with van der Waals surface area (Å²) in [7, 11) is 0. The van der Waals surface area contributed by atoms with E-state index in [1.807, 2.05) is 24.3 Å². The lowest BCUT2D eigenvalue weighted by Crippen LogP contribution is -2.07. The summed E-state index contributed by atoms with van der Waals surface area (Å²) >= 11 is 0. The third-order valence-corrected chi connectivity index (χ3v) is 4.30. The normalized spacial score (nSPS) is 13.6. The molecule has 1 fully saturated rings. The molecule has 1 aliphatic carbocycles. The van der Waals surface area contributed by atoms with Crippen LogP contribution >= 0.6 is 0 Å². The van der Waals surface area contributed by atoms with Crippen molar-refractivity contribution in [2.75, 3.05) is 0 Å². The zero-order valence-electron chi connectivity index (χ0n) is 13.8. The Morgan fingerprint density at radius 1 is 0.960 bits per heavy atom. The van der Waals surface area contributed by atoms with Gasteiger partial charge in [0.1, 0.15) is 5.78 Å². The van der Waals surface area contributed by atoms with Gasteiger partial charge in [-0.3, -0.25) is 19.7 Å². The van der Waals surface area contributed by atoms with E-state index in [0.29, 0.717) is 24.5 Å². The lowest BCUT2D eigenvalue weighted by molar-refractivity contribution is -0.118. The lowest BCUT2D eigenvalue weighted by Gasteiger charge is -2.10. The van der Waals surface area contributed by atoms with Crippen LogP contribution in [0.5, 0.6) is 0 Å². The Morgan fingerprint density at radius 3 is 2.52 bits per heavy atom. The van der Waals surface area contributed by atoms with Crippen molar-refractivity contribution in [1.29, 1.82) is 0 Å². The highest BCUT2D eigenvalue weighted by molar-refractivity contribution is 5.82. The lowest BCUT2D eigenvalue weighted by atomic mass is 10.1. The molecule has 0 aliphatic heterocycles. The maximum absolute atomic E-state index is 12.2. The van der Waals surface area contributed by atoms with Crippen molar-refractivity contribution in [3.05, 3.63) is 60.9 Å². The summed E-state index contributed by atoms with van der Waals surface area (Å²) < 4.78 is 0. The molecule has 25 heavy (non-hydrogen) atoms. The Hall–Kier alpha value is -2.95. The molecule has 1 aliphatic rings. The molecule has 0 aromatic carbocycles. The number of carbonyl (C=O) groups is 1. The van der Waals surface area contributed by atoms with Gasteiger partial charge in [-0.25, -0.2) is 4.98 Å². The van der Waals surface area contributed by atoms with Gasteiger partial charge in [0.15, 0.2) is 0 Å². The van der Waals surface area contributed by atoms with E-state index >= 15 is 0 Å². The molecule has 0 atom stereocenters. The van der Waals surface area contributed by atoms with E-state index in [1.165, 1.54) is 12.8 Å². The molecular weight excluding hydrogens is 312 g/mol. The monoisotopic (exact) mass is 330 g/mol. The predicted octanol–water partition coefficient (Wildman–Crippen LogP) is 3.51. The van der Waals surface area contributed by atoms with Crippen molar-refractivity contribution in [1.82, 2.24) is 19.9 Å². The average Bonchev–Trinajstić information content (AvgIpc) is 3.47. The molecule has 0 radical (unpaired) electrons. The number of rotatable bonds is 6. The molecule has 3 aromatic heterocycles. The van der Waals surface area contributed by atoms with Crippen molar-refractivity contribution in [3.8, 4) is 22.5 Å². The fraction of sp³-hybridized carbons (Fsp3) is 0.250. The number of aromatic nitrogens is 4. The number of hydrogen-bond donors (Lipinski definition) is 0. The van der Waals surface area contributed by atoms with Crippen molar-refractivity contribution in [2.24, 2.45) is 5.92 Å². The summed E-state index contributed by atoms with van der Waals surface area (Å²) in [4.78, 5) is 29.8. The van der Waals surface area contributed by atoms with Gasteiger partial charge in [-0.05, 0) is 43.0 Å². The topological polar surface area (TPSA) is 68.6 Å². The number of carbonyl (C=O) groups excluding carboxylic acids is 1. The summed E-state index contributed by atoms with van der Waals surface area (Å²) in [6, 6.07) is 7.64. The molecule has 5 heteroatoms. The van der Waals surface area contributed by atoms with Gasteiger partial charge in [-0.15, -0.1) is 0 Å². The van der Waals surface area contributed by atoms with Gasteiger partial charge in [-0.1, -0.05) is 0 Å². The van der Waals surface area contributed by atoms with Gasteiger partial charge in [0.25, 0.3) is 0 Å². The molecule has 0 amide bonds. The van der Waals surface area contributed by atoms with Crippen molar-refractivity contribution in [2.45, 2.75) is 25.7 Å². The van der Waals surface area contributed by atoms with E-state index in [0.717, 1.165) is 22.5 Å². The van der Waals surface area contributed by atoms with E-state index in [1.54, 1.807) is 31.0 Å². The highest BCUT2D eigenvalue weighted by atomic mass is 16.1. The largest absolute Gasteiger partial charge is 0.299 e. The predicted molar refractivity (Wildman–Crippen MR) is 94.5 cm³/mol. The van der Waals surface area contributed by atoms with Gasteiger partial charge in [0.2, 0.25) is 0 Å². The minimum Gasteiger partial charge on any atom is -0.299 e. The van der Waals surface area contributed by atoms with E-state index in [-0.39, 0.29) is 5.78 Å². The molecule has 0 saturated heterocycles. The first kappa shape index (κ1) is 15.6. The summed E-state index contributed by atoms with van der Waals surface area (Å²) in [5.74, 6) is 0.833. The Labute approximate surface area is 146 Å². The maximum Gasteiger partial charge on any atom is 0.139 e. The number of Topliss-reactive ketones (excluding diaryl/α,β-unsaturated/α-hetero) is 1. The number of pyridine rings is 2. The van der Waals surface area contributed by atoms with Crippen LogP contribution in [0.2, 0.25) is 0 Å². The zero-order valence-corrected chi connectivity index (χ0v) is 13.8. The fourth-order valence-electron chi connectivity index (χ4n) is 2.85. The van der Waals surface area contributed by atoms with Gasteiger partial charge in [0.05, 0.1) is 23.5 Å².